The van der Waals surface area contributed by atoms with Gasteiger partial charge in [0, 0.05) is 18.4 Å². The molecule has 4 nitrogen and oxygen atoms in total. The topological polar surface area (TPSA) is 68.0 Å². The number of rotatable bonds is 6. The van der Waals surface area contributed by atoms with Crippen molar-refractivity contribution in [1.82, 2.24) is 10.3 Å². The van der Waals surface area contributed by atoms with Crippen molar-refractivity contribution in [3.8, 4) is 0 Å². The maximum Gasteiger partial charge on any atom is 0.269 e. The summed E-state index contributed by atoms with van der Waals surface area (Å²) in [6.07, 6.45) is 5.73. The monoisotopic (exact) mass is 239 g/mol. The van der Waals surface area contributed by atoms with E-state index in [1.54, 1.807) is 12.1 Å². The predicted octanol–water partition coefficient (Wildman–Crippen LogP) is 1.54. The molecule has 1 aromatic rings. The first kappa shape index (κ1) is 12.8. The van der Waals surface area contributed by atoms with Gasteiger partial charge in [0.25, 0.3) is 5.91 Å². The Morgan fingerprint density at radius 1 is 1.56 bits per heavy atom. The zero-order chi connectivity index (χ0) is 11.8. The number of nitrogens with one attached hydrogen (secondary N) is 1. The van der Waals surface area contributed by atoms with E-state index in [9.17, 15) is 4.79 Å². The molecule has 0 spiro atoms. The summed E-state index contributed by atoms with van der Waals surface area (Å²) in [6, 6.07) is 3.24. The van der Waals surface area contributed by atoms with E-state index in [1.165, 1.54) is 6.20 Å². The van der Waals surface area contributed by atoms with Crippen LogP contribution in [0.5, 0.6) is 0 Å². The van der Waals surface area contributed by atoms with Crippen LogP contribution < -0.4 is 11.1 Å². The lowest BCUT2D eigenvalue weighted by Crippen LogP contribution is -2.25. The number of aromatic nitrogens is 1. The molecule has 1 rings (SSSR count). The van der Waals surface area contributed by atoms with Crippen molar-refractivity contribution in [2.24, 2.45) is 0 Å². The number of hydrogen-bond acceptors (Lipinski definition) is 4. The number of nitrogens with two attached hydrogens (primary N) is 1. The zero-order valence-corrected chi connectivity index (χ0v) is 10.2. The van der Waals surface area contributed by atoms with E-state index in [2.05, 4.69) is 16.6 Å². The molecule has 1 amide bonds. The summed E-state index contributed by atoms with van der Waals surface area (Å²) in [5.41, 5.74) is 6.51. The lowest BCUT2D eigenvalue weighted by Gasteiger charge is -2.04. The molecular formula is C11H17N3OS. The molecule has 0 aromatic carbocycles. The second-order valence-corrected chi connectivity index (χ2v) is 4.42. The molecule has 0 radical (unpaired) electrons. The second-order valence-electron chi connectivity index (χ2n) is 3.43. The van der Waals surface area contributed by atoms with E-state index in [0.29, 0.717) is 17.9 Å². The Bertz CT molecular complexity index is 344. The van der Waals surface area contributed by atoms with Gasteiger partial charge in [-0.15, -0.1) is 0 Å². The van der Waals surface area contributed by atoms with Gasteiger partial charge in [-0.25, -0.2) is 0 Å². The van der Waals surface area contributed by atoms with Gasteiger partial charge in [0.1, 0.15) is 5.69 Å². The highest BCUT2D eigenvalue weighted by Gasteiger charge is 2.05. The molecule has 5 heteroatoms. The average molecular weight is 239 g/mol. The molecule has 0 saturated heterocycles. The molecular weight excluding hydrogens is 222 g/mol. The van der Waals surface area contributed by atoms with Crippen LogP contribution in [0.25, 0.3) is 0 Å². The van der Waals surface area contributed by atoms with E-state index >= 15 is 0 Å². The first-order chi connectivity index (χ1) is 7.74. The minimum absolute atomic E-state index is 0.156. The van der Waals surface area contributed by atoms with Crippen molar-refractivity contribution in [2.75, 3.05) is 24.3 Å². The molecule has 88 valence electrons. The van der Waals surface area contributed by atoms with Gasteiger partial charge in [0.15, 0.2) is 0 Å². The highest BCUT2D eigenvalue weighted by atomic mass is 32.2. The van der Waals surface area contributed by atoms with Gasteiger partial charge in [-0.05, 0) is 37.0 Å². The highest BCUT2D eigenvalue weighted by molar-refractivity contribution is 7.98. The van der Waals surface area contributed by atoms with Crippen molar-refractivity contribution in [3.05, 3.63) is 24.0 Å². The Balaban J connectivity index is 2.30. The molecule has 0 aliphatic rings. The van der Waals surface area contributed by atoms with Crippen molar-refractivity contribution >= 4 is 23.4 Å². The van der Waals surface area contributed by atoms with E-state index in [-0.39, 0.29) is 5.91 Å². The lowest BCUT2D eigenvalue weighted by atomic mass is 10.3. The maximum atomic E-state index is 11.6. The largest absolute Gasteiger partial charge is 0.399 e. The van der Waals surface area contributed by atoms with Crippen LogP contribution >= 0.6 is 11.8 Å². The van der Waals surface area contributed by atoms with E-state index < -0.39 is 0 Å². The summed E-state index contributed by atoms with van der Waals surface area (Å²) in [5, 5.41) is 2.82. The van der Waals surface area contributed by atoms with E-state index in [1.807, 2.05) is 11.8 Å². The smallest absolute Gasteiger partial charge is 0.269 e. The Labute approximate surface area is 100 Å². The first-order valence-corrected chi connectivity index (χ1v) is 6.62. The molecule has 0 bridgehead atoms. The van der Waals surface area contributed by atoms with E-state index in [0.717, 1.165) is 18.6 Å². The SMILES string of the molecule is CSCCCCNC(=O)c1cc(N)ccn1. The highest BCUT2D eigenvalue weighted by Crippen LogP contribution is 2.03. The van der Waals surface area contributed by atoms with Gasteiger partial charge in [0.05, 0.1) is 0 Å². The third-order valence-corrected chi connectivity index (χ3v) is 2.77. The van der Waals surface area contributed by atoms with Crippen LogP contribution in [-0.2, 0) is 0 Å². The number of nitrogens with zero attached hydrogens (tertiary/aromatic N) is 1. The quantitative estimate of drug-likeness (QED) is 0.739. The van der Waals surface area contributed by atoms with Crippen molar-refractivity contribution in [3.63, 3.8) is 0 Å². The van der Waals surface area contributed by atoms with Gasteiger partial charge < -0.3 is 11.1 Å². The van der Waals surface area contributed by atoms with Crippen LogP contribution in [0.1, 0.15) is 23.3 Å². The summed E-state index contributed by atoms with van der Waals surface area (Å²) in [7, 11) is 0. The summed E-state index contributed by atoms with van der Waals surface area (Å²) < 4.78 is 0. The second kappa shape index (κ2) is 7.11. The summed E-state index contributed by atoms with van der Waals surface area (Å²) >= 11 is 1.82. The molecule has 1 heterocycles. The summed E-state index contributed by atoms with van der Waals surface area (Å²) in [6.45, 7) is 0.690. The number of carbonyl (C=O) groups is 1. The van der Waals surface area contributed by atoms with Crippen LogP contribution in [-0.4, -0.2) is 29.4 Å². The molecule has 1 aromatic heterocycles. The fourth-order valence-electron chi connectivity index (χ4n) is 1.23. The summed E-state index contributed by atoms with van der Waals surface area (Å²) in [4.78, 5) is 15.6. The van der Waals surface area contributed by atoms with Gasteiger partial charge in [-0.3, -0.25) is 9.78 Å². The maximum absolute atomic E-state index is 11.6. The molecule has 3 N–H and O–H groups in total. The van der Waals surface area contributed by atoms with Crippen LogP contribution in [0.15, 0.2) is 18.3 Å². The van der Waals surface area contributed by atoms with Gasteiger partial charge in [0.2, 0.25) is 0 Å². The molecule has 0 fully saturated rings. The van der Waals surface area contributed by atoms with Crippen LogP contribution in [0.4, 0.5) is 5.69 Å². The lowest BCUT2D eigenvalue weighted by molar-refractivity contribution is 0.0948. The number of pyridine rings is 1. The molecule has 16 heavy (non-hydrogen) atoms. The van der Waals surface area contributed by atoms with Crippen molar-refractivity contribution < 1.29 is 4.79 Å². The Kier molecular flexibility index (Phi) is 5.71. The minimum Gasteiger partial charge on any atom is -0.399 e. The van der Waals surface area contributed by atoms with Gasteiger partial charge in [-0.1, -0.05) is 0 Å². The Morgan fingerprint density at radius 2 is 2.38 bits per heavy atom. The number of amides is 1. The summed E-state index contributed by atoms with van der Waals surface area (Å²) in [5.74, 6) is 0.975. The number of thioether (sulfide) groups is 1. The molecule has 0 unspecified atom stereocenters. The average Bonchev–Trinajstić information content (AvgIpc) is 2.28. The van der Waals surface area contributed by atoms with Gasteiger partial charge >= 0.3 is 0 Å². The van der Waals surface area contributed by atoms with Crippen LogP contribution in [0.2, 0.25) is 0 Å². The Hall–Kier alpha value is -1.23. The molecule has 0 aliphatic heterocycles. The van der Waals surface area contributed by atoms with Crippen LogP contribution in [0.3, 0.4) is 0 Å². The predicted molar refractivity (Wildman–Crippen MR) is 68.6 cm³/mol. The third kappa shape index (κ3) is 4.53. The standard InChI is InChI=1S/C11H17N3OS/c1-16-7-3-2-5-14-11(15)10-8-9(12)4-6-13-10/h4,6,8H,2-3,5,7H2,1H3,(H2,12,13)(H,14,15). The normalized spacial score (nSPS) is 10.1. The fraction of sp³-hybridized carbons (Fsp3) is 0.455. The number of anilines is 1. The number of hydrogen-bond donors (Lipinski definition) is 2. The fourth-order valence-corrected chi connectivity index (χ4v) is 1.73. The van der Waals surface area contributed by atoms with Crippen LogP contribution in [0, 0.1) is 0 Å². The zero-order valence-electron chi connectivity index (χ0n) is 9.40. The van der Waals surface area contributed by atoms with Gasteiger partial charge in [-0.2, -0.15) is 11.8 Å². The van der Waals surface area contributed by atoms with E-state index in [4.69, 9.17) is 5.73 Å². The number of carbonyl (C=O) groups excluding carboxylic acids is 1. The molecule has 0 aliphatic carbocycles. The third-order valence-electron chi connectivity index (χ3n) is 2.08. The number of unbranched alkanes of at least 4 members (excludes halogenated alkanes) is 1. The number of nitrogen functional groups attached to an aromatic ring is 1. The molecule has 0 saturated carbocycles. The first-order valence-electron chi connectivity index (χ1n) is 5.22. The Morgan fingerprint density at radius 3 is 3.06 bits per heavy atom. The minimum atomic E-state index is -0.156. The van der Waals surface area contributed by atoms with Crippen molar-refractivity contribution in [2.45, 2.75) is 12.8 Å². The van der Waals surface area contributed by atoms with Crippen molar-refractivity contribution in [1.29, 1.82) is 0 Å². The molecule has 0 atom stereocenters.